The van der Waals surface area contributed by atoms with E-state index >= 15 is 0 Å². The van der Waals surface area contributed by atoms with Crippen LogP contribution in [0, 0.1) is 56.7 Å². The summed E-state index contributed by atoms with van der Waals surface area (Å²) >= 11 is 0. The molecule has 0 saturated heterocycles. The lowest BCUT2D eigenvalue weighted by atomic mass is 9.32. The molecule has 7 heteroatoms. The molecule has 7 nitrogen and oxygen atoms in total. The number of methoxy groups -OCH3 is 2. The molecular formula is C46H68N2O5. The first-order chi connectivity index (χ1) is 25.0. The van der Waals surface area contributed by atoms with Gasteiger partial charge in [0.25, 0.3) is 0 Å². The van der Waals surface area contributed by atoms with Crippen LogP contribution < -0.4 is 5.32 Å². The molecule has 1 aromatic carbocycles. The van der Waals surface area contributed by atoms with Crippen LogP contribution in [0.15, 0.2) is 42.5 Å². The number of likely N-dealkylation sites (N-methyl/N-ethyl adjacent to an activating group) is 1. The highest BCUT2D eigenvalue weighted by molar-refractivity contribution is 5.90. The second kappa shape index (κ2) is 14.6. The van der Waals surface area contributed by atoms with Gasteiger partial charge in [-0.05, 0) is 146 Å². The summed E-state index contributed by atoms with van der Waals surface area (Å²) in [5.41, 5.74) is 4.67. The third-order valence-electron chi connectivity index (χ3n) is 16.7. The Morgan fingerprint density at radius 2 is 1.58 bits per heavy atom. The van der Waals surface area contributed by atoms with Gasteiger partial charge in [0.05, 0.1) is 31.6 Å². The number of nitrogens with one attached hydrogen (secondary N) is 1. The van der Waals surface area contributed by atoms with Crippen LogP contribution in [-0.4, -0.2) is 63.1 Å². The molecule has 0 radical (unpaired) electrons. The predicted octanol–water partition coefficient (Wildman–Crippen LogP) is 9.13. The van der Waals surface area contributed by atoms with Crippen LogP contribution in [0.25, 0.3) is 5.57 Å². The average molecular weight is 729 g/mol. The number of rotatable bonds is 11. The predicted molar refractivity (Wildman–Crippen MR) is 212 cm³/mol. The summed E-state index contributed by atoms with van der Waals surface area (Å²) in [6.07, 6.45) is 12.9. The van der Waals surface area contributed by atoms with Crippen molar-refractivity contribution in [3.8, 4) is 0 Å². The molecule has 292 valence electrons. The van der Waals surface area contributed by atoms with E-state index in [9.17, 15) is 14.4 Å². The first-order valence-electron chi connectivity index (χ1n) is 20.7. The molecule has 1 aromatic rings. The zero-order chi connectivity index (χ0) is 38.6. The van der Waals surface area contributed by atoms with Gasteiger partial charge in [-0.3, -0.25) is 9.59 Å². The normalized spacial score (nSPS) is 36.9. The zero-order valence-corrected chi connectivity index (χ0v) is 34.4. The molecule has 1 amide bonds. The van der Waals surface area contributed by atoms with Crippen molar-refractivity contribution in [3.05, 3.63) is 53.6 Å². The maximum Gasteiger partial charge on any atom is 0.337 e. The summed E-state index contributed by atoms with van der Waals surface area (Å²) in [6, 6.07) is 8.03. The third kappa shape index (κ3) is 6.33. The van der Waals surface area contributed by atoms with Crippen molar-refractivity contribution in [3.63, 3.8) is 0 Å². The van der Waals surface area contributed by atoms with Crippen LogP contribution in [-0.2, 0) is 19.1 Å². The van der Waals surface area contributed by atoms with E-state index in [2.05, 4.69) is 83.5 Å². The Morgan fingerprint density at radius 3 is 2.23 bits per heavy atom. The van der Waals surface area contributed by atoms with Gasteiger partial charge < -0.3 is 19.7 Å². The number of hydrogen-bond donors (Lipinski definition) is 1. The van der Waals surface area contributed by atoms with Crippen molar-refractivity contribution in [2.75, 3.05) is 40.4 Å². The molecule has 0 heterocycles. The highest BCUT2D eigenvalue weighted by atomic mass is 16.5. The van der Waals surface area contributed by atoms with Gasteiger partial charge in [-0.2, -0.15) is 0 Å². The van der Waals surface area contributed by atoms with Crippen LogP contribution in [0.2, 0.25) is 0 Å². The van der Waals surface area contributed by atoms with Gasteiger partial charge in [-0.25, -0.2) is 4.79 Å². The molecule has 9 unspecified atom stereocenters. The van der Waals surface area contributed by atoms with Crippen molar-refractivity contribution < 1.29 is 23.9 Å². The Bertz CT molecular complexity index is 1610. The second-order valence-corrected chi connectivity index (χ2v) is 19.0. The number of carbonyl (C=O) groups is 3. The van der Waals surface area contributed by atoms with Crippen molar-refractivity contribution >= 4 is 23.4 Å². The highest BCUT2D eigenvalue weighted by Gasteiger charge is 2.71. The first kappa shape index (κ1) is 39.8. The molecule has 6 rings (SSSR count). The van der Waals surface area contributed by atoms with E-state index in [0.717, 1.165) is 45.2 Å². The standard InChI is InChI=1S/C46H68N2O5/c1-11-48(28-21-38(49)52-9)29-27-47-41(51)46-24-18-33(30(2)3)39(46)35-16-17-37-43(6)22-19-34(31-12-14-32(15-13-31)40(50)53-10)42(4,5)36(43)20-23-45(37,8)44(35,7)25-26-46/h12-15,19,33,35-37,39H,2,11,16-18,20-29H2,1,3-10H3,(H,47,51). The zero-order valence-electron chi connectivity index (χ0n) is 34.4. The number of benzene rings is 1. The number of hydrogen-bond acceptors (Lipinski definition) is 6. The molecule has 4 saturated carbocycles. The van der Waals surface area contributed by atoms with Gasteiger partial charge in [0.1, 0.15) is 0 Å². The smallest absolute Gasteiger partial charge is 0.337 e. The van der Waals surface area contributed by atoms with Crippen molar-refractivity contribution in [2.45, 2.75) is 113 Å². The summed E-state index contributed by atoms with van der Waals surface area (Å²) in [5, 5.41) is 3.44. The monoisotopic (exact) mass is 729 g/mol. The fourth-order valence-electron chi connectivity index (χ4n) is 13.8. The minimum absolute atomic E-state index is 0.00182. The lowest BCUT2D eigenvalue weighted by molar-refractivity contribution is -0.225. The van der Waals surface area contributed by atoms with E-state index in [4.69, 9.17) is 9.47 Å². The van der Waals surface area contributed by atoms with E-state index in [1.54, 1.807) is 0 Å². The molecule has 1 N–H and O–H groups in total. The van der Waals surface area contributed by atoms with E-state index in [0.29, 0.717) is 54.7 Å². The van der Waals surface area contributed by atoms with Crippen LogP contribution in [0.5, 0.6) is 0 Å². The third-order valence-corrected chi connectivity index (χ3v) is 16.7. The van der Waals surface area contributed by atoms with Gasteiger partial charge in [0.2, 0.25) is 5.91 Å². The Morgan fingerprint density at radius 1 is 0.868 bits per heavy atom. The lowest BCUT2D eigenvalue weighted by Crippen LogP contribution is -2.66. The van der Waals surface area contributed by atoms with Gasteiger partial charge in [0, 0.05) is 19.6 Å². The minimum Gasteiger partial charge on any atom is -0.469 e. The Kier molecular flexibility index (Phi) is 11.0. The average Bonchev–Trinajstić information content (AvgIpc) is 3.54. The Hall–Kier alpha value is -2.93. The topological polar surface area (TPSA) is 84.9 Å². The van der Waals surface area contributed by atoms with Crippen LogP contribution >= 0.6 is 0 Å². The number of nitrogens with zero attached hydrogens (tertiary/aromatic N) is 1. The molecule has 5 aliphatic carbocycles. The number of carbonyl (C=O) groups excluding carboxylic acids is 3. The van der Waals surface area contributed by atoms with Gasteiger partial charge in [0.15, 0.2) is 0 Å². The van der Waals surface area contributed by atoms with Gasteiger partial charge >= 0.3 is 11.9 Å². The Balaban J connectivity index is 1.24. The number of ether oxygens (including phenoxy) is 2. The maximum atomic E-state index is 14.6. The summed E-state index contributed by atoms with van der Waals surface area (Å²) in [6.45, 7) is 24.5. The molecule has 0 aromatic heterocycles. The fraction of sp³-hybridized carbons (Fsp3) is 0.717. The summed E-state index contributed by atoms with van der Waals surface area (Å²) in [4.78, 5) is 40.7. The molecule has 0 spiro atoms. The first-order valence-corrected chi connectivity index (χ1v) is 20.7. The molecule has 0 aliphatic heterocycles. The molecule has 53 heavy (non-hydrogen) atoms. The van der Waals surface area contributed by atoms with Gasteiger partial charge in [-0.15, -0.1) is 0 Å². The maximum absolute atomic E-state index is 14.6. The Labute approximate surface area is 320 Å². The van der Waals surface area contributed by atoms with Crippen molar-refractivity contribution in [2.24, 2.45) is 56.7 Å². The van der Waals surface area contributed by atoms with Crippen molar-refractivity contribution in [1.82, 2.24) is 10.2 Å². The minimum atomic E-state index is -0.338. The molecule has 4 fully saturated rings. The number of amides is 1. The van der Waals surface area contributed by atoms with E-state index in [1.807, 2.05) is 12.1 Å². The fourth-order valence-corrected chi connectivity index (χ4v) is 13.8. The quantitative estimate of drug-likeness (QED) is 0.181. The van der Waals surface area contributed by atoms with E-state index < -0.39 is 0 Å². The SMILES string of the molecule is C=C(C)C1CCC2(C(=O)NCCN(CC)CCC(=O)OC)CCC3(C)C(CCC4C5(C)CC=C(c6ccc(C(=O)OC)cc6)C(C)(C)C5CCC43C)C12. The second-order valence-electron chi connectivity index (χ2n) is 19.0. The summed E-state index contributed by atoms with van der Waals surface area (Å²) < 4.78 is 9.81. The lowest BCUT2D eigenvalue weighted by Gasteiger charge is -2.72. The van der Waals surface area contributed by atoms with E-state index in [1.165, 1.54) is 56.6 Å². The van der Waals surface area contributed by atoms with Crippen LogP contribution in [0.4, 0.5) is 0 Å². The van der Waals surface area contributed by atoms with Crippen LogP contribution in [0.1, 0.15) is 129 Å². The molecular weight excluding hydrogens is 661 g/mol. The summed E-state index contributed by atoms with van der Waals surface area (Å²) in [7, 11) is 2.87. The van der Waals surface area contributed by atoms with Crippen molar-refractivity contribution in [1.29, 1.82) is 0 Å². The molecule has 5 aliphatic rings. The summed E-state index contributed by atoms with van der Waals surface area (Å²) in [5.74, 6) is 2.15. The van der Waals surface area contributed by atoms with Gasteiger partial charge in [-0.1, -0.05) is 71.9 Å². The number of esters is 2. The highest BCUT2D eigenvalue weighted by Crippen LogP contribution is 2.77. The number of allylic oxidation sites excluding steroid dienone is 3. The molecule has 9 atom stereocenters. The van der Waals surface area contributed by atoms with E-state index in [-0.39, 0.29) is 44.9 Å². The largest absolute Gasteiger partial charge is 0.469 e. The van der Waals surface area contributed by atoms with Crippen LogP contribution in [0.3, 0.4) is 0 Å². The number of fused-ring (bicyclic) bond motifs is 7. The molecule has 0 bridgehead atoms.